The summed E-state index contributed by atoms with van der Waals surface area (Å²) in [6, 6.07) is 16.0. The summed E-state index contributed by atoms with van der Waals surface area (Å²) in [4.78, 5) is 16.9. The van der Waals surface area contributed by atoms with Crippen molar-refractivity contribution >= 4 is 21.4 Å². The monoisotopic (exact) mass is 424 g/mol. The second-order valence-corrected chi connectivity index (χ2v) is 9.12. The van der Waals surface area contributed by atoms with Gasteiger partial charge in [0.05, 0.1) is 22.5 Å². The zero-order valence-electron chi connectivity index (χ0n) is 15.7. The highest BCUT2D eigenvalue weighted by Crippen LogP contribution is 2.25. The molecule has 0 aliphatic rings. The molecule has 0 amide bonds. The number of hydrogen-bond acceptors (Lipinski definition) is 5. The van der Waals surface area contributed by atoms with Crippen LogP contribution in [-0.4, -0.2) is 34.6 Å². The molecule has 8 heteroatoms. The first kappa shape index (κ1) is 19.3. The van der Waals surface area contributed by atoms with E-state index in [-0.39, 0.29) is 4.90 Å². The molecule has 0 saturated carbocycles. The molecule has 146 valence electrons. The van der Waals surface area contributed by atoms with Crippen molar-refractivity contribution in [3.63, 3.8) is 0 Å². The van der Waals surface area contributed by atoms with Gasteiger partial charge in [-0.15, -0.1) is 0 Å². The molecular weight excluding hydrogens is 408 g/mol. The largest absolute Gasteiger partial charge is 0.335 e. The van der Waals surface area contributed by atoms with Gasteiger partial charge in [-0.2, -0.15) is 0 Å². The minimum absolute atomic E-state index is 0.253. The number of nitrogens with one attached hydrogen (secondary N) is 1. The van der Waals surface area contributed by atoms with Crippen LogP contribution >= 0.6 is 11.6 Å². The van der Waals surface area contributed by atoms with Gasteiger partial charge in [0.15, 0.2) is 21.5 Å². The highest BCUT2D eigenvalue weighted by Gasteiger charge is 2.13. The lowest BCUT2D eigenvalue weighted by atomic mass is 10.1. The highest BCUT2D eigenvalue weighted by molar-refractivity contribution is 7.90. The van der Waals surface area contributed by atoms with Gasteiger partial charge in [0.2, 0.25) is 0 Å². The van der Waals surface area contributed by atoms with Crippen molar-refractivity contribution in [1.29, 1.82) is 0 Å². The molecule has 0 spiro atoms. The van der Waals surface area contributed by atoms with Gasteiger partial charge in [-0.1, -0.05) is 35.9 Å². The summed E-state index contributed by atoms with van der Waals surface area (Å²) in [5.41, 5.74) is 3.90. The molecule has 2 heterocycles. The van der Waals surface area contributed by atoms with Crippen LogP contribution in [0.15, 0.2) is 65.7 Å². The molecule has 6 nitrogen and oxygen atoms in total. The molecule has 4 aromatic rings. The van der Waals surface area contributed by atoms with Crippen molar-refractivity contribution < 1.29 is 8.42 Å². The summed E-state index contributed by atoms with van der Waals surface area (Å²) in [7, 11) is -3.29. The Hall–Kier alpha value is -3.03. The Kier molecular flexibility index (Phi) is 4.94. The average Bonchev–Trinajstić information content (AvgIpc) is 3.18. The highest BCUT2D eigenvalue weighted by atomic mass is 35.5. The van der Waals surface area contributed by atoms with Crippen LogP contribution in [0.4, 0.5) is 0 Å². The van der Waals surface area contributed by atoms with E-state index in [1.165, 1.54) is 6.26 Å². The zero-order valence-corrected chi connectivity index (χ0v) is 17.3. The maximum absolute atomic E-state index is 11.8. The molecule has 1 N–H and O–H groups in total. The van der Waals surface area contributed by atoms with E-state index in [2.05, 4.69) is 19.9 Å². The first-order valence-electron chi connectivity index (χ1n) is 8.77. The molecule has 0 aliphatic carbocycles. The molecule has 0 saturated heterocycles. The SMILES string of the molecule is Cc1cc(-c2ccc(Cl)cc2)nc(-c2ncc(-c3cccc(S(C)(=O)=O)c3)[nH]2)n1. The molecule has 2 aromatic carbocycles. The van der Waals surface area contributed by atoms with E-state index >= 15 is 0 Å². The Morgan fingerprint density at radius 3 is 2.45 bits per heavy atom. The standard InChI is InChI=1S/C21H17ClN4O2S/c1-13-10-18(14-6-8-16(22)9-7-14)25-21(24-13)20-23-12-19(26-20)15-4-3-5-17(11-15)29(2,27)28/h3-12H,1-2H3,(H,23,26). The number of rotatable bonds is 4. The summed E-state index contributed by atoms with van der Waals surface area (Å²) in [5, 5.41) is 0.659. The van der Waals surface area contributed by atoms with Gasteiger partial charge >= 0.3 is 0 Å². The lowest BCUT2D eigenvalue weighted by molar-refractivity contribution is 0.602. The molecule has 29 heavy (non-hydrogen) atoms. The smallest absolute Gasteiger partial charge is 0.196 e. The van der Waals surface area contributed by atoms with E-state index < -0.39 is 9.84 Å². The number of sulfone groups is 1. The fraction of sp³-hybridized carbons (Fsp3) is 0.0952. The second-order valence-electron chi connectivity index (χ2n) is 6.67. The number of H-pyrrole nitrogens is 1. The fourth-order valence-electron chi connectivity index (χ4n) is 2.92. The normalized spacial score (nSPS) is 11.6. The molecule has 0 fully saturated rings. The van der Waals surface area contributed by atoms with Crippen LogP contribution in [0.2, 0.25) is 5.02 Å². The molecule has 4 rings (SSSR count). The Bertz CT molecular complexity index is 1300. The maximum Gasteiger partial charge on any atom is 0.196 e. The quantitative estimate of drug-likeness (QED) is 0.518. The summed E-state index contributed by atoms with van der Waals surface area (Å²) in [6.45, 7) is 1.89. The molecule has 0 atom stereocenters. The van der Waals surface area contributed by atoms with Crippen molar-refractivity contribution in [1.82, 2.24) is 19.9 Å². The summed E-state index contributed by atoms with van der Waals surface area (Å²) in [6.07, 6.45) is 2.83. The van der Waals surface area contributed by atoms with Crippen molar-refractivity contribution in [3.8, 4) is 34.2 Å². The van der Waals surface area contributed by atoms with Crippen LogP contribution in [0.1, 0.15) is 5.69 Å². The minimum atomic E-state index is -3.29. The lowest BCUT2D eigenvalue weighted by Gasteiger charge is -2.05. The van der Waals surface area contributed by atoms with E-state index in [1.54, 1.807) is 24.4 Å². The molecule has 0 bridgehead atoms. The Morgan fingerprint density at radius 2 is 1.72 bits per heavy atom. The maximum atomic E-state index is 11.8. The van der Waals surface area contributed by atoms with Crippen molar-refractivity contribution in [3.05, 3.63) is 71.5 Å². The molecule has 2 aromatic heterocycles. The number of imidazole rings is 1. The lowest BCUT2D eigenvalue weighted by Crippen LogP contribution is -1.97. The van der Waals surface area contributed by atoms with Crippen molar-refractivity contribution in [2.24, 2.45) is 0 Å². The Balaban J connectivity index is 1.73. The van der Waals surface area contributed by atoms with Crippen LogP contribution in [0, 0.1) is 6.92 Å². The van der Waals surface area contributed by atoms with Crippen molar-refractivity contribution in [2.75, 3.05) is 6.26 Å². The van der Waals surface area contributed by atoms with Crippen LogP contribution in [0.25, 0.3) is 34.2 Å². The first-order valence-corrected chi connectivity index (χ1v) is 11.0. The van der Waals surface area contributed by atoms with Gasteiger partial charge in [-0.25, -0.2) is 23.4 Å². The third kappa shape index (κ3) is 4.21. The predicted octanol–water partition coefficient (Wildman–Crippen LogP) is 4.57. The number of aromatic nitrogens is 4. The van der Waals surface area contributed by atoms with E-state index in [0.717, 1.165) is 22.5 Å². The van der Waals surface area contributed by atoms with Gasteiger partial charge in [-0.3, -0.25) is 0 Å². The van der Waals surface area contributed by atoms with Crippen molar-refractivity contribution in [2.45, 2.75) is 11.8 Å². The molecular formula is C21H17ClN4O2S. The summed E-state index contributed by atoms with van der Waals surface area (Å²) >= 11 is 5.97. The average molecular weight is 425 g/mol. The van der Waals surface area contributed by atoms with Crippen LogP contribution in [-0.2, 0) is 9.84 Å². The van der Waals surface area contributed by atoms with Crippen LogP contribution in [0.3, 0.4) is 0 Å². The third-order valence-corrected chi connectivity index (χ3v) is 5.72. The number of aromatic amines is 1. The number of halogens is 1. The van der Waals surface area contributed by atoms with E-state index in [1.807, 2.05) is 43.3 Å². The molecule has 0 unspecified atom stereocenters. The summed E-state index contributed by atoms with van der Waals surface area (Å²) < 4.78 is 23.6. The molecule has 0 aliphatic heterocycles. The van der Waals surface area contributed by atoms with E-state index in [4.69, 9.17) is 11.6 Å². The van der Waals surface area contributed by atoms with E-state index in [9.17, 15) is 8.42 Å². The van der Waals surface area contributed by atoms with Gasteiger partial charge in [0.1, 0.15) is 0 Å². The van der Waals surface area contributed by atoms with Crippen LogP contribution < -0.4 is 0 Å². The van der Waals surface area contributed by atoms with Gasteiger partial charge in [0, 0.05) is 28.1 Å². The predicted molar refractivity (Wildman–Crippen MR) is 113 cm³/mol. The van der Waals surface area contributed by atoms with Crippen LogP contribution in [0.5, 0.6) is 0 Å². The molecule has 0 radical (unpaired) electrons. The topological polar surface area (TPSA) is 88.6 Å². The Morgan fingerprint density at radius 1 is 0.966 bits per heavy atom. The van der Waals surface area contributed by atoms with Gasteiger partial charge < -0.3 is 4.98 Å². The van der Waals surface area contributed by atoms with Gasteiger partial charge in [-0.05, 0) is 37.3 Å². The fourth-order valence-corrected chi connectivity index (χ4v) is 3.71. The number of hydrogen-bond donors (Lipinski definition) is 1. The first-order chi connectivity index (χ1) is 13.8. The van der Waals surface area contributed by atoms with Gasteiger partial charge in [0.25, 0.3) is 0 Å². The second kappa shape index (κ2) is 7.42. The minimum Gasteiger partial charge on any atom is -0.335 e. The zero-order chi connectivity index (χ0) is 20.6. The number of benzene rings is 2. The number of nitrogens with zero attached hydrogens (tertiary/aromatic N) is 3. The van der Waals surface area contributed by atoms with E-state index in [0.29, 0.717) is 22.4 Å². The number of aryl methyl sites for hydroxylation is 1. The third-order valence-electron chi connectivity index (χ3n) is 4.36. The Labute approximate surface area is 173 Å². The summed E-state index contributed by atoms with van der Waals surface area (Å²) in [5.74, 6) is 0.962.